The van der Waals surface area contributed by atoms with Gasteiger partial charge in [0.15, 0.2) is 0 Å². The lowest BCUT2D eigenvalue weighted by atomic mass is 10.2. The number of fused-ring (bicyclic) bond motifs is 1. The minimum absolute atomic E-state index is 0.00519. The summed E-state index contributed by atoms with van der Waals surface area (Å²) in [4.78, 5) is 17.6. The van der Waals surface area contributed by atoms with Crippen molar-refractivity contribution in [1.82, 2.24) is 9.97 Å². The Kier molecular flexibility index (Phi) is 1.67. The number of carboxylic acid groups (broad SMARTS) is 1. The van der Waals surface area contributed by atoms with E-state index in [4.69, 9.17) is 5.11 Å². The minimum atomic E-state index is -1.05. The molecule has 0 amide bonds. The van der Waals surface area contributed by atoms with Crippen molar-refractivity contribution in [3.05, 3.63) is 23.5 Å². The Morgan fingerprint density at radius 3 is 2.93 bits per heavy atom. The van der Waals surface area contributed by atoms with Crippen LogP contribution >= 0.6 is 0 Å². The lowest BCUT2D eigenvalue weighted by molar-refractivity contribution is 0.0698. The average Bonchev–Trinajstić information content (AvgIpc) is 2.42. The number of aromatic amines is 1. The van der Waals surface area contributed by atoms with Crippen LogP contribution in [0.25, 0.3) is 11.0 Å². The van der Waals surface area contributed by atoms with Crippen LogP contribution < -0.4 is 0 Å². The second-order valence-corrected chi connectivity index (χ2v) is 2.98. The van der Waals surface area contributed by atoms with Crippen LogP contribution in [0.15, 0.2) is 12.3 Å². The molecule has 2 rings (SSSR count). The molecule has 0 spiro atoms. The Morgan fingerprint density at radius 2 is 2.29 bits per heavy atom. The van der Waals surface area contributed by atoms with Crippen molar-refractivity contribution in [3.8, 4) is 5.75 Å². The molecule has 0 aliphatic rings. The number of carbonyl (C=O) groups is 1. The van der Waals surface area contributed by atoms with Crippen LogP contribution in [0.1, 0.15) is 16.1 Å². The molecule has 0 aliphatic carbocycles. The maximum Gasteiger partial charge on any atom is 0.339 e. The van der Waals surface area contributed by atoms with Gasteiger partial charge in [-0.1, -0.05) is 0 Å². The van der Waals surface area contributed by atoms with Gasteiger partial charge in [-0.15, -0.1) is 0 Å². The Bertz CT molecular complexity index is 516. The van der Waals surface area contributed by atoms with E-state index in [0.717, 1.165) is 0 Å². The second kappa shape index (κ2) is 2.73. The van der Waals surface area contributed by atoms with E-state index in [0.29, 0.717) is 11.2 Å². The predicted octanol–water partition coefficient (Wildman–Crippen LogP) is 1.28. The summed E-state index contributed by atoms with van der Waals surface area (Å²) in [6.45, 7) is 1.63. The molecule has 0 aliphatic heterocycles. The Labute approximate surface area is 79.0 Å². The van der Waals surface area contributed by atoms with E-state index < -0.39 is 5.97 Å². The van der Waals surface area contributed by atoms with Crippen molar-refractivity contribution < 1.29 is 15.0 Å². The zero-order valence-electron chi connectivity index (χ0n) is 7.40. The molecular formula is C9H8N2O3. The largest absolute Gasteiger partial charge is 0.506 e. The molecule has 3 N–H and O–H groups in total. The fraction of sp³-hybridized carbons (Fsp3) is 0.111. The molecule has 5 heteroatoms. The smallest absolute Gasteiger partial charge is 0.339 e. The highest BCUT2D eigenvalue weighted by molar-refractivity contribution is 6.04. The minimum Gasteiger partial charge on any atom is -0.506 e. The van der Waals surface area contributed by atoms with Gasteiger partial charge in [-0.2, -0.15) is 0 Å². The molecule has 0 radical (unpaired) electrons. The molecule has 2 aromatic rings. The summed E-state index contributed by atoms with van der Waals surface area (Å²) in [6.07, 6.45) is 1.37. The number of pyridine rings is 1. The monoisotopic (exact) mass is 192 g/mol. The first-order valence-electron chi connectivity index (χ1n) is 4.01. The van der Waals surface area contributed by atoms with E-state index in [2.05, 4.69) is 9.97 Å². The molecule has 72 valence electrons. The molecule has 0 fully saturated rings. The number of aryl methyl sites for hydroxylation is 1. The predicted molar refractivity (Wildman–Crippen MR) is 49.5 cm³/mol. The third-order valence-electron chi connectivity index (χ3n) is 2.07. The van der Waals surface area contributed by atoms with Gasteiger partial charge in [0.25, 0.3) is 0 Å². The van der Waals surface area contributed by atoms with Crippen LogP contribution in [0.3, 0.4) is 0 Å². The number of H-pyrrole nitrogens is 1. The van der Waals surface area contributed by atoms with Crippen LogP contribution in [-0.4, -0.2) is 26.2 Å². The van der Waals surface area contributed by atoms with Crippen LogP contribution in [-0.2, 0) is 0 Å². The fourth-order valence-electron chi connectivity index (χ4n) is 1.45. The van der Waals surface area contributed by atoms with Gasteiger partial charge in [-0.25, -0.2) is 4.79 Å². The van der Waals surface area contributed by atoms with E-state index in [1.54, 1.807) is 6.92 Å². The second-order valence-electron chi connectivity index (χ2n) is 2.98. The van der Waals surface area contributed by atoms with Gasteiger partial charge < -0.3 is 15.2 Å². The Balaban J connectivity index is 2.90. The summed E-state index contributed by atoms with van der Waals surface area (Å²) in [5, 5.41) is 18.3. The number of aromatic nitrogens is 2. The summed E-state index contributed by atoms with van der Waals surface area (Å²) in [6, 6.07) is 1.41. The third kappa shape index (κ3) is 1.02. The standard InChI is InChI=1S/C9H8N2O3/c1-4-6(9(13)14)8-7(11-4)5(12)2-3-10-8/h2-3,11H,1H3,(H,10,12)(H,13,14). The molecule has 0 bridgehead atoms. The van der Waals surface area contributed by atoms with E-state index in [1.807, 2.05) is 0 Å². The van der Waals surface area contributed by atoms with Crippen LogP contribution in [0.4, 0.5) is 0 Å². The summed E-state index contributed by atoms with van der Waals surface area (Å²) in [7, 11) is 0. The Morgan fingerprint density at radius 1 is 1.57 bits per heavy atom. The maximum absolute atomic E-state index is 10.9. The van der Waals surface area contributed by atoms with Gasteiger partial charge in [-0.05, 0) is 6.92 Å². The van der Waals surface area contributed by atoms with E-state index in [1.165, 1.54) is 12.3 Å². The summed E-state index contributed by atoms with van der Waals surface area (Å²) >= 11 is 0. The number of nitrogens with one attached hydrogen (secondary N) is 1. The molecule has 0 unspecified atom stereocenters. The van der Waals surface area contributed by atoms with Gasteiger partial charge >= 0.3 is 5.97 Å². The molecule has 0 saturated heterocycles. The molecule has 14 heavy (non-hydrogen) atoms. The van der Waals surface area contributed by atoms with Crippen molar-refractivity contribution in [3.63, 3.8) is 0 Å². The molecule has 5 nitrogen and oxygen atoms in total. The quantitative estimate of drug-likeness (QED) is 0.635. The third-order valence-corrected chi connectivity index (χ3v) is 2.07. The first kappa shape index (κ1) is 8.55. The molecule has 0 saturated carbocycles. The van der Waals surface area contributed by atoms with E-state index >= 15 is 0 Å². The van der Waals surface area contributed by atoms with Gasteiger partial charge in [0.05, 0.1) is 0 Å². The summed E-state index contributed by atoms with van der Waals surface area (Å²) in [5.41, 5.74) is 1.25. The number of hydrogen-bond donors (Lipinski definition) is 3. The van der Waals surface area contributed by atoms with Gasteiger partial charge in [0.2, 0.25) is 0 Å². The first-order chi connectivity index (χ1) is 6.61. The molecule has 2 aromatic heterocycles. The number of rotatable bonds is 1. The van der Waals surface area contributed by atoms with Crippen molar-refractivity contribution in [2.45, 2.75) is 6.92 Å². The zero-order chi connectivity index (χ0) is 10.3. The van der Waals surface area contributed by atoms with Crippen LogP contribution in [0, 0.1) is 6.92 Å². The number of nitrogens with zero attached hydrogens (tertiary/aromatic N) is 1. The van der Waals surface area contributed by atoms with Crippen LogP contribution in [0.2, 0.25) is 0 Å². The van der Waals surface area contributed by atoms with Crippen molar-refractivity contribution in [2.75, 3.05) is 0 Å². The van der Waals surface area contributed by atoms with Crippen LogP contribution in [0.5, 0.6) is 5.75 Å². The van der Waals surface area contributed by atoms with Gasteiger partial charge in [0, 0.05) is 18.0 Å². The summed E-state index contributed by atoms with van der Waals surface area (Å²) < 4.78 is 0. The SMILES string of the molecule is Cc1[nH]c2c(O)ccnc2c1C(=O)O. The molecule has 0 atom stereocenters. The number of aromatic carboxylic acids is 1. The fourth-order valence-corrected chi connectivity index (χ4v) is 1.45. The maximum atomic E-state index is 10.9. The first-order valence-corrected chi connectivity index (χ1v) is 4.01. The normalized spacial score (nSPS) is 10.6. The Hall–Kier alpha value is -2.04. The number of aromatic hydroxyl groups is 1. The zero-order valence-corrected chi connectivity index (χ0v) is 7.40. The van der Waals surface area contributed by atoms with E-state index in [-0.39, 0.29) is 16.8 Å². The van der Waals surface area contributed by atoms with E-state index in [9.17, 15) is 9.90 Å². The lowest BCUT2D eigenvalue weighted by Crippen LogP contribution is -1.97. The molecular weight excluding hydrogens is 184 g/mol. The summed E-state index contributed by atoms with van der Waals surface area (Å²) in [5.74, 6) is -1.04. The number of hydrogen-bond acceptors (Lipinski definition) is 3. The van der Waals surface area contributed by atoms with Crippen molar-refractivity contribution in [1.29, 1.82) is 0 Å². The number of carboxylic acids is 1. The van der Waals surface area contributed by atoms with Gasteiger partial charge in [-0.3, -0.25) is 4.98 Å². The average molecular weight is 192 g/mol. The van der Waals surface area contributed by atoms with Crippen molar-refractivity contribution >= 4 is 17.0 Å². The topological polar surface area (TPSA) is 86.2 Å². The van der Waals surface area contributed by atoms with Gasteiger partial charge in [0.1, 0.15) is 22.3 Å². The highest BCUT2D eigenvalue weighted by Crippen LogP contribution is 2.26. The highest BCUT2D eigenvalue weighted by Gasteiger charge is 2.17. The van der Waals surface area contributed by atoms with Crippen molar-refractivity contribution in [2.24, 2.45) is 0 Å². The highest BCUT2D eigenvalue weighted by atomic mass is 16.4. The lowest BCUT2D eigenvalue weighted by Gasteiger charge is -1.93. The molecule has 2 heterocycles. The molecule has 0 aromatic carbocycles.